The number of allylic oxidation sites excluding steroid dienone is 2. The Morgan fingerprint density at radius 2 is 1.55 bits per heavy atom. The topological polar surface area (TPSA) is 9.23 Å². The zero-order valence-electron chi connectivity index (χ0n) is 12.0. The fourth-order valence-corrected chi connectivity index (χ4v) is 7.69. The summed E-state index contributed by atoms with van der Waals surface area (Å²) in [6.45, 7) is 0. The maximum absolute atomic E-state index is 6.22. The standard InChI is InChI=1S/C18H14OS3/c1-20-18-17(14-10-6-3-7-11-14)16-12-15(19-22(16)21-18)13-8-4-2-5-9-13/h2-12H,1H3. The van der Waals surface area contributed by atoms with Crippen molar-refractivity contribution in [3.8, 4) is 0 Å². The zero-order chi connectivity index (χ0) is 14.9. The Balaban J connectivity index is 1.76. The monoisotopic (exact) mass is 342 g/mol. The summed E-state index contributed by atoms with van der Waals surface area (Å²) in [4.78, 5) is 1.32. The second-order valence-electron chi connectivity index (χ2n) is 4.87. The summed E-state index contributed by atoms with van der Waals surface area (Å²) in [5.41, 5.74) is 3.77. The Labute approximate surface area is 141 Å². The Hall–Kier alpha value is -1.36. The summed E-state index contributed by atoms with van der Waals surface area (Å²) in [5.74, 6) is 0.986. The van der Waals surface area contributed by atoms with Crippen molar-refractivity contribution in [2.75, 3.05) is 6.26 Å². The highest BCUT2D eigenvalue weighted by molar-refractivity contribution is 8.86. The zero-order valence-corrected chi connectivity index (χ0v) is 14.4. The maximum atomic E-state index is 6.22. The Kier molecular flexibility index (Phi) is 3.90. The van der Waals surface area contributed by atoms with Crippen molar-refractivity contribution in [1.29, 1.82) is 0 Å². The molecule has 0 N–H and O–H groups in total. The van der Waals surface area contributed by atoms with Crippen LogP contribution in [-0.4, -0.2) is 11.1 Å². The molecule has 2 aromatic rings. The molecular weight excluding hydrogens is 328 g/mol. The summed E-state index contributed by atoms with van der Waals surface area (Å²) in [6, 6.07) is 21.0. The normalized spacial score (nSPS) is 20.0. The van der Waals surface area contributed by atoms with Crippen LogP contribution in [0.4, 0.5) is 0 Å². The van der Waals surface area contributed by atoms with Gasteiger partial charge in [0.05, 0.1) is 18.9 Å². The molecule has 0 saturated carbocycles. The van der Waals surface area contributed by atoms with Gasteiger partial charge in [0.25, 0.3) is 0 Å². The van der Waals surface area contributed by atoms with Crippen LogP contribution >= 0.6 is 32.4 Å². The average molecular weight is 343 g/mol. The molecule has 4 heteroatoms. The molecule has 0 amide bonds. The van der Waals surface area contributed by atoms with Crippen LogP contribution in [0.2, 0.25) is 0 Å². The third kappa shape index (κ3) is 2.45. The third-order valence-electron chi connectivity index (χ3n) is 3.52. The lowest BCUT2D eigenvalue weighted by atomic mass is 10.0. The molecule has 0 bridgehead atoms. The van der Waals surface area contributed by atoms with E-state index in [0.29, 0.717) is 0 Å². The number of rotatable bonds is 3. The van der Waals surface area contributed by atoms with Gasteiger partial charge in [-0.25, -0.2) is 0 Å². The molecule has 0 aromatic heterocycles. The van der Waals surface area contributed by atoms with E-state index >= 15 is 0 Å². The number of hydrogen-bond acceptors (Lipinski definition) is 3. The fourth-order valence-electron chi connectivity index (χ4n) is 2.48. The lowest BCUT2D eigenvalue weighted by molar-refractivity contribution is 0.615. The van der Waals surface area contributed by atoms with Crippen LogP contribution in [0.1, 0.15) is 11.1 Å². The SMILES string of the molecule is CSC1=C(c2ccccc2)C2=S(OC(c3ccccc3)=C2)S1. The van der Waals surface area contributed by atoms with Gasteiger partial charge in [-0.1, -0.05) is 60.7 Å². The molecule has 4 rings (SSSR count). The molecule has 0 spiro atoms. The van der Waals surface area contributed by atoms with Gasteiger partial charge in [-0.2, -0.15) is 0 Å². The number of thioether (sulfide) groups is 1. The van der Waals surface area contributed by atoms with E-state index in [9.17, 15) is 0 Å². The van der Waals surface area contributed by atoms with E-state index < -0.39 is 0 Å². The van der Waals surface area contributed by atoms with Crippen LogP contribution in [-0.2, 0) is 4.18 Å². The first kappa shape index (κ1) is 14.2. The summed E-state index contributed by atoms with van der Waals surface area (Å²) in [5, 5.41) is 0. The minimum absolute atomic E-state index is 0.213. The first-order chi connectivity index (χ1) is 10.9. The van der Waals surface area contributed by atoms with Gasteiger partial charge in [-0.15, -0.1) is 11.8 Å². The summed E-state index contributed by atoms with van der Waals surface area (Å²) in [7, 11) is 1.63. The first-order valence-corrected chi connectivity index (χ1v) is 10.7. The average Bonchev–Trinajstić information content (AvgIpc) is 3.13. The molecule has 22 heavy (non-hydrogen) atoms. The summed E-state index contributed by atoms with van der Waals surface area (Å²) >= 11 is 1.81. The molecule has 0 fully saturated rings. The van der Waals surface area contributed by atoms with E-state index in [-0.39, 0.29) is 9.80 Å². The van der Waals surface area contributed by atoms with Crippen molar-refractivity contribution < 1.29 is 4.18 Å². The lowest BCUT2D eigenvalue weighted by Gasteiger charge is -2.08. The molecule has 2 aliphatic rings. The van der Waals surface area contributed by atoms with E-state index in [1.807, 2.05) is 28.6 Å². The molecule has 1 atom stereocenters. The van der Waals surface area contributed by atoms with Crippen LogP contribution < -0.4 is 0 Å². The minimum atomic E-state index is -0.213. The Bertz CT molecular complexity index is 805. The molecule has 2 aliphatic heterocycles. The quantitative estimate of drug-likeness (QED) is 0.515. The van der Waals surface area contributed by atoms with E-state index in [1.165, 1.54) is 20.2 Å². The number of benzene rings is 2. The molecule has 0 radical (unpaired) electrons. The Morgan fingerprint density at radius 3 is 2.18 bits per heavy atom. The van der Waals surface area contributed by atoms with Gasteiger partial charge in [0.1, 0.15) is 5.76 Å². The van der Waals surface area contributed by atoms with E-state index in [0.717, 1.165) is 11.3 Å². The van der Waals surface area contributed by atoms with Crippen molar-refractivity contribution in [3.05, 3.63) is 82.1 Å². The molecule has 0 saturated heterocycles. The van der Waals surface area contributed by atoms with Crippen molar-refractivity contribution in [3.63, 3.8) is 0 Å². The predicted octanol–water partition coefficient (Wildman–Crippen LogP) is 5.81. The van der Waals surface area contributed by atoms with Gasteiger partial charge in [0.15, 0.2) is 0 Å². The highest BCUT2D eigenvalue weighted by Gasteiger charge is 2.31. The van der Waals surface area contributed by atoms with Gasteiger partial charge >= 0.3 is 0 Å². The summed E-state index contributed by atoms with van der Waals surface area (Å²) in [6.07, 6.45) is 4.36. The first-order valence-electron chi connectivity index (χ1n) is 6.96. The smallest absolute Gasteiger partial charge is 0.146 e. The molecule has 2 heterocycles. The van der Waals surface area contributed by atoms with Crippen LogP contribution in [0.3, 0.4) is 0 Å². The van der Waals surface area contributed by atoms with E-state index in [1.54, 1.807) is 0 Å². The molecule has 1 nitrogen and oxygen atoms in total. The van der Waals surface area contributed by atoms with Gasteiger partial charge in [0.2, 0.25) is 0 Å². The molecule has 1 unspecified atom stereocenters. The van der Waals surface area contributed by atoms with Crippen LogP contribution in [0.25, 0.3) is 11.3 Å². The van der Waals surface area contributed by atoms with Crippen molar-refractivity contribution >= 4 is 48.5 Å². The van der Waals surface area contributed by atoms with Gasteiger partial charge < -0.3 is 4.18 Å². The number of hydrogen-bond donors (Lipinski definition) is 0. The van der Waals surface area contributed by atoms with Crippen LogP contribution in [0.15, 0.2) is 71.0 Å². The third-order valence-corrected chi connectivity index (χ3v) is 8.37. The molecule has 0 aliphatic carbocycles. The predicted molar refractivity (Wildman–Crippen MR) is 103 cm³/mol. The lowest BCUT2D eigenvalue weighted by Crippen LogP contribution is -1.95. The molecular formula is C18H14OS3. The largest absolute Gasteiger partial charge is 0.422 e. The highest BCUT2D eigenvalue weighted by Crippen LogP contribution is 2.58. The van der Waals surface area contributed by atoms with Crippen LogP contribution in [0.5, 0.6) is 0 Å². The van der Waals surface area contributed by atoms with Gasteiger partial charge in [0, 0.05) is 11.1 Å². The fraction of sp³-hybridized carbons (Fsp3) is 0.0556. The second kappa shape index (κ2) is 6.03. The van der Waals surface area contributed by atoms with Gasteiger partial charge in [-0.3, -0.25) is 0 Å². The van der Waals surface area contributed by atoms with Crippen molar-refractivity contribution in [2.45, 2.75) is 0 Å². The Morgan fingerprint density at radius 1 is 0.909 bits per heavy atom. The molecule has 110 valence electrons. The van der Waals surface area contributed by atoms with E-state index in [4.69, 9.17) is 4.18 Å². The van der Waals surface area contributed by atoms with Crippen LogP contribution in [0, 0.1) is 0 Å². The van der Waals surface area contributed by atoms with Crippen molar-refractivity contribution in [1.82, 2.24) is 0 Å². The second-order valence-corrected chi connectivity index (χ2v) is 9.01. The minimum Gasteiger partial charge on any atom is -0.422 e. The highest BCUT2D eigenvalue weighted by atomic mass is 33.1. The van der Waals surface area contributed by atoms with Gasteiger partial charge in [-0.05, 0) is 28.7 Å². The maximum Gasteiger partial charge on any atom is 0.146 e. The molecule has 2 aromatic carbocycles. The summed E-state index contributed by atoms with van der Waals surface area (Å²) < 4.78 is 7.57. The van der Waals surface area contributed by atoms with Crippen molar-refractivity contribution in [2.24, 2.45) is 0 Å². The van der Waals surface area contributed by atoms with E-state index in [2.05, 4.69) is 66.9 Å².